The van der Waals surface area contributed by atoms with E-state index in [4.69, 9.17) is 0 Å². The maximum Gasteiger partial charge on any atom is 0.251 e. The quantitative estimate of drug-likeness (QED) is 0.309. The van der Waals surface area contributed by atoms with Gasteiger partial charge in [-0.25, -0.2) is 8.42 Å². The van der Waals surface area contributed by atoms with Crippen LogP contribution in [0.15, 0.2) is 48.5 Å². The Bertz CT molecular complexity index is 1070. The van der Waals surface area contributed by atoms with E-state index in [1.807, 2.05) is 37.3 Å². The molecule has 1 aliphatic rings. The van der Waals surface area contributed by atoms with Crippen LogP contribution < -0.4 is 20.3 Å². The standard InChI is InChI=1S/C26H38N4O4S.ClH/c1-3-12-27-19-25(31)24(15-20-10-6-5-7-11-20)29-26(32)21-16-22(28-4-2)18-23(17-21)30-13-8-9-14-35(30,33)34;/h5-7,10-11,16-18,24-25,27-28,31H,3-4,8-9,12-15,19H2,1-2H3,(H,29,32);1H/t24-,25+;/m0./s1. The van der Waals surface area contributed by atoms with E-state index in [2.05, 4.69) is 22.9 Å². The molecule has 200 valence electrons. The van der Waals surface area contributed by atoms with Gasteiger partial charge in [-0.3, -0.25) is 9.10 Å². The zero-order valence-corrected chi connectivity index (χ0v) is 22.7. The number of hydrogen-bond acceptors (Lipinski definition) is 6. The number of carbonyl (C=O) groups excluding carboxylic acids is 1. The lowest BCUT2D eigenvalue weighted by atomic mass is 10.00. The highest BCUT2D eigenvalue weighted by molar-refractivity contribution is 7.92. The molecule has 10 heteroatoms. The summed E-state index contributed by atoms with van der Waals surface area (Å²) in [6, 6.07) is 14.3. The van der Waals surface area contributed by atoms with Crippen molar-refractivity contribution in [2.75, 3.05) is 41.6 Å². The van der Waals surface area contributed by atoms with Crippen LogP contribution in [0.25, 0.3) is 0 Å². The van der Waals surface area contributed by atoms with Crippen molar-refractivity contribution in [3.05, 3.63) is 59.7 Å². The molecule has 1 heterocycles. The third-order valence-electron chi connectivity index (χ3n) is 6.06. The lowest BCUT2D eigenvalue weighted by Crippen LogP contribution is -2.49. The number of carbonyl (C=O) groups is 1. The smallest absolute Gasteiger partial charge is 0.251 e. The van der Waals surface area contributed by atoms with E-state index in [0.717, 1.165) is 24.9 Å². The summed E-state index contributed by atoms with van der Waals surface area (Å²) in [6.45, 7) is 6.18. The molecule has 2 aromatic rings. The topological polar surface area (TPSA) is 111 Å². The molecule has 0 unspecified atom stereocenters. The molecule has 0 saturated carbocycles. The predicted molar refractivity (Wildman–Crippen MR) is 149 cm³/mol. The number of benzene rings is 2. The first-order chi connectivity index (χ1) is 16.8. The van der Waals surface area contributed by atoms with E-state index in [1.165, 1.54) is 4.31 Å². The molecule has 1 amide bonds. The molecule has 4 N–H and O–H groups in total. The Morgan fingerprint density at radius 3 is 2.53 bits per heavy atom. The van der Waals surface area contributed by atoms with Crippen molar-refractivity contribution < 1.29 is 18.3 Å². The van der Waals surface area contributed by atoms with Crippen molar-refractivity contribution in [3.63, 3.8) is 0 Å². The van der Waals surface area contributed by atoms with Crippen molar-refractivity contribution in [1.29, 1.82) is 0 Å². The van der Waals surface area contributed by atoms with Gasteiger partial charge in [0, 0.05) is 30.9 Å². The zero-order valence-electron chi connectivity index (χ0n) is 21.1. The van der Waals surface area contributed by atoms with Crippen molar-refractivity contribution >= 4 is 39.7 Å². The van der Waals surface area contributed by atoms with E-state index < -0.39 is 22.2 Å². The van der Waals surface area contributed by atoms with Crippen LogP contribution in [0.1, 0.15) is 49.0 Å². The third-order valence-corrected chi connectivity index (χ3v) is 7.93. The Kier molecular flexibility index (Phi) is 12.0. The number of sulfonamides is 1. The van der Waals surface area contributed by atoms with Gasteiger partial charge in [0.05, 0.1) is 23.6 Å². The number of aliphatic hydroxyl groups is 1. The average molecular weight is 539 g/mol. The van der Waals surface area contributed by atoms with Crippen molar-refractivity contribution in [2.45, 2.75) is 51.7 Å². The highest BCUT2D eigenvalue weighted by Crippen LogP contribution is 2.28. The normalized spacial score (nSPS) is 16.5. The van der Waals surface area contributed by atoms with Gasteiger partial charge in [-0.15, -0.1) is 12.4 Å². The minimum Gasteiger partial charge on any atom is -0.390 e. The molecule has 2 atom stereocenters. The van der Waals surface area contributed by atoms with Crippen molar-refractivity contribution in [2.24, 2.45) is 0 Å². The molecule has 8 nitrogen and oxygen atoms in total. The predicted octanol–water partition coefficient (Wildman–Crippen LogP) is 3.17. The molecule has 0 spiro atoms. The highest BCUT2D eigenvalue weighted by Gasteiger charge is 2.28. The number of halogens is 1. The molecular formula is C26H39ClN4O4S. The van der Waals surface area contributed by atoms with Gasteiger partial charge in [-0.1, -0.05) is 37.3 Å². The second-order valence-corrected chi connectivity index (χ2v) is 10.9. The molecule has 0 bridgehead atoms. The van der Waals surface area contributed by atoms with E-state index in [-0.39, 0.29) is 24.1 Å². The fourth-order valence-corrected chi connectivity index (χ4v) is 5.87. The number of nitrogens with zero attached hydrogens (tertiary/aromatic N) is 1. The summed E-state index contributed by atoms with van der Waals surface area (Å²) >= 11 is 0. The van der Waals surface area contributed by atoms with Gasteiger partial charge >= 0.3 is 0 Å². The second-order valence-electron chi connectivity index (χ2n) is 8.94. The molecule has 0 aliphatic carbocycles. The Hall–Kier alpha value is -2.33. The highest BCUT2D eigenvalue weighted by atomic mass is 35.5. The number of aliphatic hydroxyl groups excluding tert-OH is 1. The van der Waals surface area contributed by atoms with Crippen LogP contribution in [0.5, 0.6) is 0 Å². The fraction of sp³-hybridized carbons (Fsp3) is 0.500. The number of anilines is 2. The molecule has 1 saturated heterocycles. The number of nitrogens with one attached hydrogen (secondary N) is 3. The molecular weight excluding hydrogens is 500 g/mol. The maximum atomic E-state index is 13.4. The largest absolute Gasteiger partial charge is 0.390 e. The van der Waals surface area contributed by atoms with Gasteiger partial charge in [0.2, 0.25) is 10.0 Å². The summed E-state index contributed by atoms with van der Waals surface area (Å²) in [7, 11) is -3.42. The van der Waals surface area contributed by atoms with E-state index in [9.17, 15) is 18.3 Å². The average Bonchev–Trinajstić information content (AvgIpc) is 2.84. The van der Waals surface area contributed by atoms with Crippen LogP contribution in [-0.4, -0.2) is 63.5 Å². The molecule has 0 aromatic heterocycles. The number of rotatable bonds is 12. The van der Waals surface area contributed by atoms with Crippen LogP contribution in [0.3, 0.4) is 0 Å². The lowest BCUT2D eigenvalue weighted by Gasteiger charge is -2.29. The molecule has 1 fully saturated rings. The Balaban J connectivity index is 0.00000456. The van der Waals surface area contributed by atoms with Crippen LogP contribution >= 0.6 is 12.4 Å². The Morgan fingerprint density at radius 2 is 1.86 bits per heavy atom. The van der Waals surface area contributed by atoms with Crippen LogP contribution in [0, 0.1) is 0 Å². The SMILES string of the molecule is CCCNC[C@@H](O)[C@H](Cc1ccccc1)NC(=O)c1cc(NCC)cc(N2CCCCS2(=O)=O)c1.Cl. The fourth-order valence-electron chi connectivity index (χ4n) is 4.24. The van der Waals surface area contributed by atoms with Crippen LogP contribution in [-0.2, 0) is 16.4 Å². The van der Waals surface area contributed by atoms with Crippen LogP contribution in [0.4, 0.5) is 11.4 Å². The monoisotopic (exact) mass is 538 g/mol. The van der Waals surface area contributed by atoms with Crippen LogP contribution in [0.2, 0.25) is 0 Å². The van der Waals surface area contributed by atoms with Gasteiger partial charge in [0.15, 0.2) is 0 Å². The first kappa shape index (κ1) is 29.9. The molecule has 1 aliphatic heterocycles. The molecule has 2 aromatic carbocycles. The second kappa shape index (κ2) is 14.4. The number of hydrogen-bond donors (Lipinski definition) is 4. The lowest BCUT2D eigenvalue weighted by molar-refractivity contribution is 0.0831. The summed E-state index contributed by atoms with van der Waals surface area (Å²) in [5.74, 6) is -0.244. The van der Waals surface area contributed by atoms with Gasteiger partial charge in [-0.2, -0.15) is 0 Å². The zero-order chi connectivity index (χ0) is 25.3. The third kappa shape index (κ3) is 8.37. The maximum absolute atomic E-state index is 13.4. The molecule has 36 heavy (non-hydrogen) atoms. The van der Waals surface area contributed by atoms with Gasteiger partial charge in [0.25, 0.3) is 5.91 Å². The Labute approximate surface area is 221 Å². The summed E-state index contributed by atoms with van der Waals surface area (Å²) in [6.07, 6.45) is 2.06. The molecule has 3 rings (SSSR count). The summed E-state index contributed by atoms with van der Waals surface area (Å²) in [4.78, 5) is 13.4. The molecule has 0 radical (unpaired) electrons. The summed E-state index contributed by atoms with van der Waals surface area (Å²) in [5, 5.41) is 20.3. The summed E-state index contributed by atoms with van der Waals surface area (Å²) < 4.78 is 26.8. The van der Waals surface area contributed by atoms with E-state index >= 15 is 0 Å². The van der Waals surface area contributed by atoms with Crippen molar-refractivity contribution in [1.82, 2.24) is 10.6 Å². The van der Waals surface area contributed by atoms with Gasteiger partial charge < -0.3 is 21.1 Å². The van der Waals surface area contributed by atoms with Gasteiger partial charge in [-0.05, 0) is 62.9 Å². The Morgan fingerprint density at radius 1 is 1.11 bits per heavy atom. The first-order valence-electron chi connectivity index (χ1n) is 12.5. The van der Waals surface area contributed by atoms with E-state index in [1.54, 1.807) is 18.2 Å². The minimum absolute atomic E-state index is 0. The van der Waals surface area contributed by atoms with Gasteiger partial charge in [0.1, 0.15) is 0 Å². The minimum atomic E-state index is -3.42. The number of amides is 1. The summed E-state index contributed by atoms with van der Waals surface area (Å²) in [5.41, 5.74) is 2.53. The van der Waals surface area contributed by atoms with Crippen molar-refractivity contribution in [3.8, 4) is 0 Å². The van der Waals surface area contributed by atoms with E-state index in [0.29, 0.717) is 49.4 Å². The first-order valence-corrected chi connectivity index (χ1v) is 14.1.